The summed E-state index contributed by atoms with van der Waals surface area (Å²) in [7, 11) is 0. The van der Waals surface area contributed by atoms with E-state index in [9.17, 15) is 24.2 Å². The first kappa shape index (κ1) is 22.1. The molecular weight excluding hydrogens is 432 g/mol. The number of nitrogens with one attached hydrogen (secondary N) is 1. The highest BCUT2D eigenvalue weighted by Crippen LogP contribution is 2.45. The Morgan fingerprint density at radius 2 is 1.96 bits per heavy atom. The summed E-state index contributed by atoms with van der Waals surface area (Å²) in [5, 5.41) is 19.6. The Morgan fingerprint density at radius 3 is 2.44 bits per heavy atom. The fourth-order valence-electron chi connectivity index (χ4n) is 2.09. The van der Waals surface area contributed by atoms with Gasteiger partial charge in [-0.15, -0.1) is 0 Å². The number of hydrogen-bond acceptors (Lipinski definition) is 8. The van der Waals surface area contributed by atoms with Crippen molar-refractivity contribution in [1.29, 1.82) is 0 Å². The zero-order valence-corrected chi connectivity index (χ0v) is 16.6. The molecule has 1 aliphatic heterocycles. The van der Waals surface area contributed by atoms with Gasteiger partial charge in [-0.05, 0) is 20.8 Å². The Bertz CT molecular complexity index is 784. The summed E-state index contributed by atoms with van der Waals surface area (Å²) < 4.78 is 18.1. The molecule has 2 heterocycles. The minimum Gasteiger partial charge on any atom is -0.388 e. The van der Waals surface area contributed by atoms with E-state index in [1.54, 1.807) is 0 Å². The zero-order chi connectivity index (χ0) is 20.7. The van der Waals surface area contributed by atoms with Crippen LogP contribution in [-0.4, -0.2) is 47.8 Å². The Labute approximate surface area is 167 Å². The molecule has 0 bridgehead atoms. The van der Waals surface area contributed by atoms with Gasteiger partial charge in [-0.1, -0.05) is 34.8 Å². The third-order valence-electron chi connectivity index (χ3n) is 4.12. The van der Waals surface area contributed by atoms with E-state index < -0.39 is 57.0 Å². The molecule has 1 aromatic rings. The maximum atomic E-state index is 14.2. The Hall–Kier alpha value is -1.17. The molecular formula is C14H17Cl3FN3O6. The van der Waals surface area contributed by atoms with E-state index in [0.717, 1.165) is 0 Å². The van der Waals surface area contributed by atoms with E-state index in [2.05, 4.69) is 9.82 Å². The normalized spacial score (nSPS) is 26.1. The van der Waals surface area contributed by atoms with Crippen LogP contribution >= 0.6 is 34.8 Å². The van der Waals surface area contributed by atoms with Crippen molar-refractivity contribution in [3.63, 3.8) is 0 Å². The van der Waals surface area contributed by atoms with E-state index in [-0.39, 0.29) is 0 Å². The molecule has 0 saturated carbocycles. The standard InChI is InChI=1S/C14H17Cl3FN3O6/c1-5-7(22)8(23)10(26-5)21-4-6(18)9(19-12(21)25)20-27-11(24)13(2,3)14(15,16)17/h4-5,7-8,10,22-23H,1-3H3,(H,19,20,25)/t5-,7-,8-,10-/m1/s1. The second-order valence-corrected chi connectivity index (χ2v) is 8.74. The number of carbonyl (C=O) groups is 1. The summed E-state index contributed by atoms with van der Waals surface area (Å²) >= 11 is 17.1. The predicted molar refractivity (Wildman–Crippen MR) is 93.8 cm³/mol. The van der Waals surface area contributed by atoms with Crippen LogP contribution in [0.15, 0.2) is 11.0 Å². The van der Waals surface area contributed by atoms with Crippen LogP contribution in [-0.2, 0) is 14.4 Å². The highest BCUT2D eigenvalue weighted by atomic mass is 35.6. The van der Waals surface area contributed by atoms with Gasteiger partial charge in [0.1, 0.15) is 17.6 Å². The highest BCUT2D eigenvalue weighted by Gasteiger charge is 2.48. The van der Waals surface area contributed by atoms with Gasteiger partial charge in [0.05, 0.1) is 12.3 Å². The van der Waals surface area contributed by atoms with Gasteiger partial charge in [-0.25, -0.2) is 14.0 Å². The number of anilines is 1. The lowest BCUT2D eigenvalue weighted by atomic mass is 9.96. The lowest BCUT2D eigenvalue weighted by Crippen LogP contribution is -2.40. The smallest absolute Gasteiger partial charge is 0.352 e. The van der Waals surface area contributed by atoms with Crippen molar-refractivity contribution < 1.29 is 29.0 Å². The van der Waals surface area contributed by atoms with E-state index in [1.807, 2.05) is 5.48 Å². The SMILES string of the molecule is C[C@H]1O[C@@H](n2cc(F)c(NOC(=O)C(C)(C)C(Cl)(Cl)Cl)nc2=O)[C@H](O)[C@@H]1O. The van der Waals surface area contributed by atoms with Crippen molar-refractivity contribution in [1.82, 2.24) is 9.55 Å². The van der Waals surface area contributed by atoms with E-state index in [4.69, 9.17) is 39.5 Å². The minimum atomic E-state index is -2.01. The molecule has 152 valence electrons. The second kappa shape index (κ2) is 7.69. The lowest BCUT2D eigenvalue weighted by molar-refractivity contribution is -0.150. The number of carbonyl (C=O) groups excluding carboxylic acids is 1. The molecule has 13 heteroatoms. The quantitative estimate of drug-likeness (QED) is 0.465. The van der Waals surface area contributed by atoms with Crippen LogP contribution in [0.1, 0.15) is 27.0 Å². The number of aliphatic hydroxyl groups is 2. The molecule has 2 rings (SSSR count). The third-order valence-corrected chi connectivity index (χ3v) is 5.53. The molecule has 3 N–H and O–H groups in total. The molecule has 0 amide bonds. The van der Waals surface area contributed by atoms with Crippen molar-refractivity contribution in [2.45, 2.75) is 49.1 Å². The first-order chi connectivity index (χ1) is 12.3. The Kier molecular flexibility index (Phi) is 6.30. The van der Waals surface area contributed by atoms with Gasteiger partial charge in [0.15, 0.2) is 12.0 Å². The summed E-state index contributed by atoms with van der Waals surface area (Å²) in [6, 6.07) is 0. The largest absolute Gasteiger partial charge is 0.388 e. The fraction of sp³-hybridized carbons (Fsp3) is 0.643. The van der Waals surface area contributed by atoms with Crippen LogP contribution in [0.2, 0.25) is 0 Å². The van der Waals surface area contributed by atoms with Crippen LogP contribution in [0.3, 0.4) is 0 Å². The van der Waals surface area contributed by atoms with Crippen LogP contribution in [0.25, 0.3) is 0 Å². The summed E-state index contributed by atoms with van der Waals surface area (Å²) in [5.41, 5.74) is -0.719. The predicted octanol–water partition coefficient (Wildman–Crippen LogP) is 1.29. The maximum absolute atomic E-state index is 14.2. The van der Waals surface area contributed by atoms with Gasteiger partial charge in [-0.3, -0.25) is 4.57 Å². The molecule has 1 aromatic heterocycles. The molecule has 0 unspecified atom stereocenters. The average molecular weight is 449 g/mol. The molecule has 0 spiro atoms. The zero-order valence-electron chi connectivity index (χ0n) is 14.3. The fourth-order valence-corrected chi connectivity index (χ4v) is 2.33. The molecule has 0 aromatic carbocycles. The van der Waals surface area contributed by atoms with Crippen molar-refractivity contribution in [3.8, 4) is 0 Å². The monoisotopic (exact) mass is 447 g/mol. The van der Waals surface area contributed by atoms with Crippen LogP contribution in [0.5, 0.6) is 0 Å². The van der Waals surface area contributed by atoms with Gasteiger partial charge in [-0.2, -0.15) is 10.5 Å². The van der Waals surface area contributed by atoms with Gasteiger partial charge < -0.3 is 19.8 Å². The number of nitrogens with zero attached hydrogens (tertiary/aromatic N) is 2. The molecule has 1 saturated heterocycles. The average Bonchev–Trinajstić information content (AvgIpc) is 2.81. The first-order valence-corrected chi connectivity index (χ1v) is 8.75. The van der Waals surface area contributed by atoms with Crippen LogP contribution in [0.4, 0.5) is 10.2 Å². The van der Waals surface area contributed by atoms with E-state index >= 15 is 0 Å². The molecule has 4 atom stereocenters. The van der Waals surface area contributed by atoms with E-state index in [1.165, 1.54) is 20.8 Å². The third kappa shape index (κ3) is 4.30. The van der Waals surface area contributed by atoms with Crippen LogP contribution in [0, 0.1) is 11.2 Å². The molecule has 27 heavy (non-hydrogen) atoms. The highest BCUT2D eigenvalue weighted by molar-refractivity contribution is 6.68. The molecule has 0 aliphatic carbocycles. The van der Waals surface area contributed by atoms with Gasteiger partial charge in [0.2, 0.25) is 9.61 Å². The van der Waals surface area contributed by atoms with Crippen LogP contribution < -0.4 is 11.2 Å². The number of aliphatic hydroxyl groups excluding tert-OH is 2. The summed E-state index contributed by atoms with van der Waals surface area (Å²) in [4.78, 5) is 32.2. The number of aromatic nitrogens is 2. The van der Waals surface area contributed by atoms with Gasteiger partial charge >= 0.3 is 11.7 Å². The van der Waals surface area contributed by atoms with Crippen molar-refractivity contribution in [3.05, 3.63) is 22.5 Å². The maximum Gasteiger partial charge on any atom is 0.352 e. The van der Waals surface area contributed by atoms with Gasteiger partial charge in [0.25, 0.3) is 0 Å². The number of halogens is 4. The Balaban J connectivity index is 2.19. The van der Waals surface area contributed by atoms with Crippen molar-refractivity contribution >= 4 is 46.6 Å². The Morgan fingerprint density at radius 1 is 1.37 bits per heavy atom. The number of hydrogen-bond donors (Lipinski definition) is 3. The number of alkyl halides is 3. The molecule has 0 radical (unpaired) electrons. The summed E-state index contributed by atoms with van der Waals surface area (Å²) in [6.07, 6.45) is -4.13. The van der Waals surface area contributed by atoms with Crippen molar-refractivity contribution in [2.24, 2.45) is 5.41 Å². The number of rotatable bonds is 4. The lowest BCUT2D eigenvalue weighted by Gasteiger charge is -2.29. The summed E-state index contributed by atoms with van der Waals surface area (Å²) in [6.45, 7) is 4.05. The molecule has 9 nitrogen and oxygen atoms in total. The number of ether oxygens (including phenoxy) is 1. The van der Waals surface area contributed by atoms with Crippen molar-refractivity contribution in [2.75, 3.05) is 5.48 Å². The minimum absolute atomic E-state index is 0.672. The molecule has 1 fully saturated rings. The topological polar surface area (TPSA) is 123 Å². The van der Waals surface area contributed by atoms with Gasteiger partial charge in [0, 0.05) is 0 Å². The summed E-state index contributed by atoms with van der Waals surface area (Å²) in [5.74, 6) is -2.84. The second-order valence-electron chi connectivity index (χ2n) is 6.45. The molecule has 1 aliphatic rings. The van der Waals surface area contributed by atoms with E-state index in [0.29, 0.717) is 10.8 Å². The first-order valence-electron chi connectivity index (χ1n) is 7.61.